The van der Waals surface area contributed by atoms with Gasteiger partial charge in [0.15, 0.2) is 5.82 Å². The fourth-order valence-corrected chi connectivity index (χ4v) is 3.43. The normalized spacial score (nSPS) is 13.4. The van der Waals surface area contributed by atoms with Gasteiger partial charge in [-0.3, -0.25) is 4.79 Å². The lowest BCUT2D eigenvalue weighted by molar-refractivity contribution is 0.101. The molecule has 8 nitrogen and oxygen atoms in total. The molecular formula is C21H18ClN7O. The van der Waals surface area contributed by atoms with Gasteiger partial charge in [-0.05, 0) is 49.6 Å². The predicted molar refractivity (Wildman–Crippen MR) is 112 cm³/mol. The lowest BCUT2D eigenvalue weighted by atomic mass is 10.3. The van der Waals surface area contributed by atoms with E-state index in [4.69, 9.17) is 11.6 Å². The lowest BCUT2D eigenvalue weighted by Crippen LogP contribution is -2.17. The number of nitrogens with one attached hydrogen (secondary N) is 1. The second kappa shape index (κ2) is 7.38. The fourth-order valence-electron chi connectivity index (χ4n) is 3.22. The lowest BCUT2D eigenvalue weighted by Gasteiger charge is -2.07. The second-order valence-corrected chi connectivity index (χ2v) is 7.61. The molecule has 0 saturated heterocycles. The molecule has 150 valence electrons. The van der Waals surface area contributed by atoms with Crippen LogP contribution in [-0.4, -0.2) is 35.4 Å². The number of benzene rings is 1. The first-order chi connectivity index (χ1) is 14.6. The van der Waals surface area contributed by atoms with Crippen molar-refractivity contribution >= 4 is 23.3 Å². The number of amides is 1. The van der Waals surface area contributed by atoms with Crippen molar-refractivity contribution < 1.29 is 4.79 Å². The van der Waals surface area contributed by atoms with Crippen molar-refractivity contribution in [3.8, 4) is 11.5 Å². The highest BCUT2D eigenvalue weighted by Crippen LogP contribution is 2.40. The molecule has 1 amide bonds. The van der Waals surface area contributed by atoms with Crippen LogP contribution in [-0.2, 0) is 0 Å². The third-order valence-electron chi connectivity index (χ3n) is 4.86. The minimum Gasteiger partial charge on any atom is -0.304 e. The number of halogens is 1. The van der Waals surface area contributed by atoms with Gasteiger partial charge in [-0.25, -0.2) is 14.6 Å². The molecule has 9 heteroatoms. The Kier molecular flexibility index (Phi) is 4.55. The number of rotatable bonds is 5. The van der Waals surface area contributed by atoms with E-state index in [2.05, 4.69) is 25.5 Å². The van der Waals surface area contributed by atoms with Crippen LogP contribution in [0.15, 0.2) is 54.9 Å². The molecule has 0 aliphatic heterocycles. The molecule has 3 aromatic heterocycles. The van der Waals surface area contributed by atoms with E-state index in [9.17, 15) is 4.79 Å². The Morgan fingerprint density at radius 2 is 1.97 bits per heavy atom. The standard InChI is InChI=1S/C21H18ClN7O/c1-13-8-10-23-18(12-13)29-17(9-11-24-29)25-21(30)19-26-20(14-6-7-14)28(27-19)16-5-3-2-4-15(16)22/h2-5,8-12,14H,6-7H2,1H3,(H,25,30). The molecule has 1 aromatic carbocycles. The molecule has 4 aromatic rings. The minimum absolute atomic E-state index is 0.0850. The van der Waals surface area contributed by atoms with Gasteiger partial charge in [0.1, 0.15) is 11.6 Å². The van der Waals surface area contributed by atoms with E-state index in [1.807, 2.05) is 37.3 Å². The summed E-state index contributed by atoms with van der Waals surface area (Å²) >= 11 is 6.35. The van der Waals surface area contributed by atoms with E-state index in [-0.39, 0.29) is 11.7 Å². The molecule has 1 aliphatic carbocycles. The number of aryl methyl sites for hydroxylation is 1. The summed E-state index contributed by atoms with van der Waals surface area (Å²) in [5.41, 5.74) is 1.75. The van der Waals surface area contributed by atoms with Crippen molar-refractivity contribution in [3.05, 3.63) is 77.1 Å². The van der Waals surface area contributed by atoms with Crippen LogP contribution in [0.4, 0.5) is 5.82 Å². The van der Waals surface area contributed by atoms with Crippen molar-refractivity contribution in [2.45, 2.75) is 25.7 Å². The second-order valence-electron chi connectivity index (χ2n) is 7.20. The average Bonchev–Trinajstić information content (AvgIpc) is 3.31. The van der Waals surface area contributed by atoms with Crippen LogP contribution in [0.3, 0.4) is 0 Å². The molecule has 1 aliphatic rings. The first-order valence-electron chi connectivity index (χ1n) is 9.60. The maximum Gasteiger partial charge on any atom is 0.296 e. The van der Waals surface area contributed by atoms with Crippen LogP contribution in [0.1, 0.15) is 40.8 Å². The van der Waals surface area contributed by atoms with Gasteiger partial charge in [0.05, 0.1) is 16.9 Å². The number of hydrogen-bond acceptors (Lipinski definition) is 5. The minimum atomic E-state index is -0.419. The van der Waals surface area contributed by atoms with Gasteiger partial charge < -0.3 is 5.32 Å². The summed E-state index contributed by atoms with van der Waals surface area (Å²) in [6.07, 6.45) is 5.35. The Labute approximate surface area is 177 Å². The number of hydrogen-bond donors (Lipinski definition) is 1. The van der Waals surface area contributed by atoms with E-state index >= 15 is 0 Å². The maximum atomic E-state index is 12.9. The van der Waals surface area contributed by atoms with Gasteiger partial charge in [-0.2, -0.15) is 9.78 Å². The number of para-hydroxylation sites is 1. The van der Waals surface area contributed by atoms with Crippen molar-refractivity contribution in [1.82, 2.24) is 29.5 Å². The van der Waals surface area contributed by atoms with E-state index < -0.39 is 5.91 Å². The number of nitrogens with zero attached hydrogens (tertiary/aromatic N) is 6. The molecule has 1 saturated carbocycles. The highest BCUT2D eigenvalue weighted by molar-refractivity contribution is 6.32. The van der Waals surface area contributed by atoms with Crippen molar-refractivity contribution in [3.63, 3.8) is 0 Å². The Hall–Kier alpha value is -3.52. The monoisotopic (exact) mass is 419 g/mol. The van der Waals surface area contributed by atoms with Crippen molar-refractivity contribution in [2.24, 2.45) is 0 Å². The molecule has 3 heterocycles. The van der Waals surface area contributed by atoms with Crippen LogP contribution in [0, 0.1) is 6.92 Å². The maximum absolute atomic E-state index is 12.9. The molecular weight excluding hydrogens is 402 g/mol. The summed E-state index contributed by atoms with van der Waals surface area (Å²) in [5.74, 6) is 1.81. The van der Waals surface area contributed by atoms with Crippen molar-refractivity contribution in [1.29, 1.82) is 0 Å². The van der Waals surface area contributed by atoms with E-state index in [0.717, 1.165) is 24.2 Å². The SMILES string of the molecule is Cc1ccnc(-n2nccc2NC(=O)c2nc(C3CC3)n(-c3ccccc3Cl)n2)c1. The quantitative estimate of drug-likeness (QED) is 0.529. The summed E-state index contributed by atoms with van der Waals surface area (Å²) < 4.78 is 3.24. The Bertz CT molecular complexity index is 1240. The van der Waals surface area contributed by atoms with Crippen molar-refractivity contribution in [2.75, 3.05) is 5.32 Å². The molecule has 0 atom stereocenters. The Morgan fingerprint density at radius 3 is 2.73 bits per heavy atom. The van der Waals surface area contributed by atoms with Gasteiger partial charge in [-0.15, -0.1) is 5.10 Å². The van der Waals surface area contributed by atoms with Gasteiger partial charge in [0.2, 0.25) is 5.82 Å². The molecule has 0 unspecified atom stereocenters. The van der Waals surface area contributed by atoms with Gasteiger partial charge >= 0.3 is 0 Å². The zero-order valence-electron chi connectivity index (χ0n) is 16.2. The molecule has 0 spiro atoms. The molecule has 0 bridgehead atoms. The number of anilines is 1. The number of pyridine rings is 1. The number of carbonyl (C=O) groups excluding carboxylic acids is 1. The van der Waals surface area contributed by atoms with Crippen LogP contribution < -0.4 is 5.32 Å². The topological polar surface area (TPSA) is 90.5 Å². The molecule has 30 heavy (non-hydrogen) atoms. The van der Waals surface area contributed by atoms with E-state index in [1.165, 1.54) is 0 Å². The molecule has 5 rings (SSSR count). The van der Waals surface area contributed by atoms with Crippen LogP contribution in [0.5, 0.6) is 0 Å². The third-order valence-corrected chi connectivity index (χ3v) is 5.18. The van der Waals surface area contributed by atoms with E-state index in [0.29, 0.717) is 22.3 Å². The molecule has 0 radical (unpaired) electrons. The van der Waals surface area contributed by atoms with Gasteiger partial charge in [0, 0.05) is 18.2 Å². The summed E-state index contributed by atoms with van der Waals surface area (Å²) in [7, 11) is 0. The number of aromatic nitrogens is 6. The average molecular weight is 420 g/mol. The first-order valence-corrected chi connectivity index (χ1v) is 9.98. The van der Waals surface area contributed by atoms with Gasteiger partial charge in [-0.1, -0.05) is 23.7 Å². The number of carbonyl (C=O) groups is 1. The van der Waals surface area contributed by atoms with Crippen LogP contribution in [0.25, 0.3) is 11.5 Å². The zero-order valence-corrected chi connectivity index (χ0v) is 16.9. The van der Waals surface area contributed by atoms with Crippen LogP contribution in [0.2, 0.25) is 5.02 Å². The zero-order chi connectivity index (χ0) is 20.7. The Morgan fingerprint density at radius 1 is 1.13 bits per heavy atom. The smallest absolute Gasteiger partial charge is 0.296 e. The summed E-state index contributed by atoms with van der Waals surface area (Å²) in [4.78, 5) is 21.8. The Balaban J connectivity index is 1.47. The molecule has 1 N–H and O–H groups in total. The summed E-state index contributed by atoms with van der Waals surface area (Å²) in [6, 6.07) is 12.9. The van der Waals surface area contributed by atoms with Crippen LogP contribution >= 0.6 is 11.6 Å². The third kappa shape index (κ3) is 3.46. The highest BCUT2D eigenvalue weighted by atomic mass is 35.5. The molecule has 1 fully saturated rings. The summed E-state index contributed by atoms with van der Waals surface area (Å²) in [5, 5.41) is 12.1. The fraction of sp³-hybridized carbons (Fsp3) is 0.190. The predicted octanol–water partition coefficient (Wildman–Crippen LogP) is 3.94. The summed E-state index contributed by atoms with van der Waals surface area (Å²) in [6.45, 7) is 1.97. The van der Waals surface area contributed by atoms with Gasteiger partial charge in [0.25, 0.3) is 5.91 Å². The van der Waals surface area contributed by atoms with E-state index in [1.54, 1.807) is 33.9 Å². The largest absolute Gasteiger partial charge is 0.304 e. The highest BCUT2D eigenvalue weighted by Gasteiger charge is 2.32. The first kappa shape index (κ1) is 18.5.